The van der Waals surface area contributed by atoms with E-state index in [4.69, 9.17) is 37.9 Å². The standard InChI is InChI=1S/C48H54O10/c1-51-33-40-42(52-28-34-17-7-2-8-18-34)44(54-30-36-21-11-4-12-22-36)46(56-32-38-25-15-6-16-26-38)48(58-40)47-45(55-31-37-23-13-5-14-24-37)43(41(50)39(27-49)57-47)53-29-35-19-9-3-10-20-35/h2-26,39-50H,27-33H2,1H3/t39-,40-,41-,42-,43+,44+,45-,46-,47+,48?/m1/s1. The second-order valence-corrected chi connectivity index (χ2v) is 14.7. The van der Waals surface area contributed by atoms with Crippen LogP contribution in [0.2, 0.25) is 0 Å². The molecule has 2 N–H and O–H groups in total. The van der Waals surface area contributed by atoms with E-state index < -0.39 is 67.6 Å². The van der Waals surface area contributed by atoms with E-state index in [1.807, 2.05) is 152 Å². The molecule has 5 aromatic carbocycles. The van der Waals surface area contributed by atoms with Gasteiger partial charge in [-0.1, -0.05) is 152 Å². The van der Waals surface area contributed by atoms with Crippen LogP contribution >= 0.6 is 0 Å². The van der Waals surface area contributed by atoms with Gasteiger partial charge in [-0.25, -0.2) is 0 Å². The summed E-state index contributed by atoms with van der Waals surface area (Å²) in [5, 5.41) is 22.5. The van der Waals surface area contributed by atoms with Crippen molar-refractivity contribution in [3.05, 3.63) is 179 Å². The van der Waals surface area contributed by atoms with Gasteiger partial charge in [-0.05, 0) is 27.8 Å². The van der Waals surface area contributed by atoms with Crippen molar-refractivity contribution in [3.8, 4) is 0 Å². The fraction of sp³-hybridized carbons (Fsp3) is 0.375. The van der Waals surface area contributed by atoms with Crippen LogP contribution in [0.15, 0.2) is 152 Å². The number of benzene rings is 5. The predicted molar refractivity (Wildman–Crippen MR) is 217 cm³/mol. The highest BCUT2D eigenvalue weighted by atomic mass is 16.6. The number of aliphatic hydroxyl groups is 2. The Labute approximate surface area is 341 Å². The Morgan fingerprint density at radius 2 is 0.724 bits per heavy atom. The molecule has 0 aliphatic carbocycles. The summed E-state index contributed by atoms with van der Waals surface area (Å²) in [4.78, 5) is 0. The topological polar surface area (TPSA) is 114 Å². The highest BCUT2D eigenvalue weighted by molar-refractivity contribution is 5.18. The molecule has 2 aliphatic rings. The van der Waals surface area contributed by atoms with E-state index in [9.17, 15) is 10.2 Å². The van der Waals surface area contributed by atoms with Gasteiger partial charge in [0, 0.05) is 7.11 Å². The average molecular weight is 791 g/mol. The van der Waals surface area contributed by atoms with Crippen LogP contribution in [0, 0.1) is 0 Å². The molecule has 0 saturated carbocycles. The first kappa shape index (κ1) is 41.8. The minimum atomic E-state index is -1.22. The second kappa shape index (κ2) is 21.6. The van der Waals surface area contributed by atoms with Gasteiger partial charge in [-0.3, -0.25) is 0 Å². The van der Waals surface area contributed by atoms with Crippen LogP contribution in [-0.2, 0) is 70.9 Å². The zero-order valence-electron chi connectivity index (χ0n) is 32.8. The summed E-state index contributed by atoms with van der Waals surface area (Å²) in [5.74, 6) is 0. The molecule has 306 valence electrons. The number of hydrogen-bond acceptors (Lipinski definition) is 10. The Kier molecular flexibility index (Phi) is 15.6. The first-order chi connectivity index (χ1) is 28.6. The molecule has 0 spiro atoms. The van der Waals surface area contributed by atoms with E-state index in [1.165, 1.54) is 0 Å². The minimum Gasteiger partial charge on any atom is -0.394 e. The van der Waals surface area contributed by atoms with Gasteiger partial charge in [0.1, 0.15) is 61.0 Å². The van der Waals surface area contributed by atoms with Crippen LogP contribution in [0.3, 0.4) is 0 Å². The molecule has 1 unspecified atom stereocenters. The average Bonchev–Trinajstić information content (AvgIpc) is 3.28. The van der Waals surface area contributed by atoms with Gasteiger partial charge in [0.2, 0.25) is 0 Å². The molecule has 7 rings (SSSR count). The van der Waals surface area contributed by atoms with Crippen molar-refractivity contribution in [2.45, 2.75) is 94.1 Å². The highest BCUT2D eigenvalue weighted by Gasteiger charge is 2.57. The largest absolute Gasteiger partial charge is 0.394 e. The van der Waals surface area contributed by atoms with Crippen LogP contribution in [0.4, 0.5) is 0 Å². The minimum absolute atomic E-state index is 0.175. The number of ether oxygens (including phenoxy) is 8. The summed E-state index contributed by atoms with van der Waals surface area (Å²) in [6.07, 6.45) is -8.60. The van der Waals surface area contributed by atoms with Gasteiger partial charge in [0.25, 0.3) is 0 Å². The van der Waals surface area contributed by atoms with Gasteiger partial charge in [-0.2, -0.15) is 0 Å². The maximum Gasteiger partial charge on any atom is 0.116 e. The fourth-order valence-corrected chi connectivity index (χ4v) is 7.67. The molecule has 0 amide bonds. The van der Waals surface area contributed by atoms with E-state index in [0.29, 0.717) is 6.61 Å². The van der Waals surface area contributed by atoms with Crippen molar-refractivity contribution in [2.24, 2.45) is 0 Å². The maximum absolute atomic E-state index is 11.8. The van der Waals surface area contributed by atoms with E-state index in [2.05, 4.69) is 0 Å². The van der Waals surface area contributed by atoms with Crippen molar-refractivity contribution >= 4 is 0 Å². The zero-order chi connectivity index (χ0) is 39.9. The Balaban J connectivity index is 1.28. The third kappa shape index (κ3) is 11.0. The third-order valence-electron chi connectivity index (χ3n) is 10.6. The van der Waals surface area contributed by atoms with Crippen LogP contribution in [0.1, 0.15) is 27.8 Å². The van der Waals surface area contributed by atoms with E-state index >= 15 is 0 Å². The molecule has 0 bridgehead atoms. The molecule has 2 heterocycles. The molecular weight excluding hydrogens is 737 g/mol. The van der Waals surface area contributed by atoms with Crippen molar-refractivity contribution < 1.29 is 48.1 Å². The molecule has 2 aliphatic heterocycles. The number of rotatable bonds is 19. The Morgan fingerprint density at radius 1 is 0.414 bits per heavy atom. The van der Waals surface area contributed by atoms with Crippen LogP contribution in [0.5, 0.6) is 0 Å². The first-order valence-electron chi connectivity index (χ1n) is 20.0. The van der Waals surface area contributed by atoms with E-state index in [1.54, 1.807) is 7.11 Å². The lowest BCUT2D eigenvalue weighted by Crippen LogP contribution is -2.70. The van der Waals surface area contributed by atoms with Crippen LogP contribution in [-0.4, -0.2) is 91.6 Å². The van der Waals surface area contributed by atoms with Crippen molar-refractivity contribution in [1.29, 1.82) is 0 Å². The number of hydrogen-bond donors (Lipinski definition) is 2. The fourth-order valence-electron chi connectivity index (χ4n) is 7.67. The molecule has 58 heavy (non-hydrogen) atoms. The summed E-state index contributed by atoms with van der Waals surface area (Å²) in [5.41, 5.74) is 4.78. The van der Waals surface area contributed by atoms with E-state index in [-0.39, 0.29) is 33.0 Å². The Hall–Kier alpha value is -4.30. The summed E-state index contributed by atoms with van der Waals surface area (Å²) in [6.45, 7) is 0.917. The zero-order valence-corrected chi connectivity index (χ0v) is 32.8. The monoisotopic (exact) mass is 790 g/mol. The number of aliphatic hydroxyl groups excluding tert-OH is 2. The number of methoxy groups -OCH3 is 1. The van der Waals surface area contributed by atoms with Crippen molar-refractivity contribution in [3.63, 3.8) is 0 Å². The molecule has 2 fully saturated rings. The second-order valence-electron chi connectivity index (χ2n) is 14.7. The van der Waals surface area contributed by atoms with Crippen LogP contribution in [0.25, 0.3) is 0 Å². The normalized spacial score (nSPS) is 27.3. The van der Waals surface area contributed by atoms with Gasteiger partial charge in [-0.15, -0.1) is 0 Å². The maximum atomic E-state index is 11.8. The molecule has 10 nitrogen and oxygen atoms in total. The lowest BCUT2D eigenvalue weighted by Gasteiger charge is -2.52. The van der Waals surface area contributed by atoms with Gasteiger partial charge < -0.3 is 48.1 Å². The Bertz CT molecular complexity index is 1870. The quantitative estimate of drug-likeness (QED) is 0.0969. The summed E-state index contributed by atoms with van der Waals surface area (Å²) >= 11 is 0. The molecule has 5 aromatic rings. The third-order valence-corrected chi connectivity index (χ3v) is 10.6. The Morgan fingerprint density at radius 3 is 1.09 bits per heavy atom. The summed E-state index contributed by atoms with van der Waals surface area (Å²) in [7, 11) is 1.62. The summed E-state index contributed by atoms with van der Waals surface area (Å²) < 4.78 is 53.6. The van der Waals surface area contributed by atoms with Gasteiger partial charge in [0.15, 0.2) is 0 Å². The lowest BCUT2D eigenvalue weighted by atomic mass is 9.85. The van der Waals surface area contributed by atoms with Crippen LogP contribution < -0.4 is 0 Å². The SMILES string of the molecule is COC[C@H]1OC([C@H]2O[C@H](CO)[C@@H](O)[C@H](OCc3ccccc3)[C@H]2OCc2ccccc2)[C@H](OCc2ccccc2)[C@@H](OCc2ccccc2)[C@@H]1OCc1ccccc1. The summed E-state index contributed by atoms with van der Waals surface area (Å²) in [6, 6.07) is 49.4. The van der Waals surface area contributed by atoms with Gasteiger partial charge >= 0.3 is 0 Å². The molecule has 2 saturated heterocycles. The lowest BCUT2D eigenvalue weighted by molar-refractivity contribution is -0.328. The van der Waals surface area contributed by atoms with Crippen molar-refractivity contribution in [2.75, 3.05) is 20.3 Å². The van der Waals surface area contributed by atoms with Crippen molar-refractivity contribution in [1.82, 2.24) is 0 Å². The van der Waals surface area contributed by atoms with Gasteiger partial charge in [0.05, 0.1) is 46.2 Å². The molecule has 10 atom stereocenters. The molecular formula is C48H54O10. The first-order valence-corrected chi connectivity index (χ1v) is 20.0. The smallest absolute Gasteiger partial charge is 0.116 e. The molecule has 0 aromatic heterocycles. The molecule has 10 heteroatoms. The highest BCUT2D eigenvalue weighted by Crippen LogP contribution is 2.38. The van der Waals surface area contributed by atoms with E-state index in [0.717, 1.165) is 27.8 Å². The predicted octanol–water partition coefficient (Wildman–Crippen LogP) is 6.45. The molecule has 0 radical (unpaired) electrons.